The summed E-state index contributed by atoms with van der Waals surface area (Å²) in [5.74, 6) is 1.43. The Hall–Kier alpha value is -1.27. The van der Waals surface area contributed by atoms with Gasteiger partial charge in [0.1, 0.15) is 5.82 Å². The Bertz CT molecular complexity index is 870. The van der Waals surface area contributed by atoms with Crippen molar-refractivity contribution in [3.05, 3.63) is 45.1 Å². The van der Waals surface area contributed by atoms with E-state index in [1.54, 1.807) is 11.8 Å². The largest absolute Gasteiger partial charge is 0.309 e. The summed E-state index contributed by atoms with van der Waals surface area (Å²) >= 11 is 5.34. The summed E-state index contributed by atoms with van der Waals surface area (Å²) in [5.41, 5.74) is 4.84. The molecule has 0 radical (unpaired) electrons. The van der Waals surface area contributed by atoms with E-state index in [9.17, 15) is 4.79 Å². The predicted octanol–water partition coefficient (Wildman–Crippen LogP) is 4.92. The lowest BCUT2D eigenvalue weighted by atomic mass is 9.98. The number of benzene rings is 1. The first-order valence-electron chi connectivity index (χ1n) is 8.60. The van der Waals surface area contributed by atoms with Crippen molar-refractivity contribution in [2.24, 2.45) is 7.05 Å². The molecule has 1 aromatic carbocycles. The van der Waals surface area contributed by atoms with Crippen molar-refractivity contribution in [3.63, 3.8) is 0 Å². The number of halogens is 1. The molecule has 0 saturated heterocycles. The maximum Gasteiger partial charge on any atom is 0.241 e. The molecule has 0 spiro atoms. The van der Waals surface area contributed by atoms with Crippen LogP contribution in [-0.4, -0.2) is 20.4 Å². The monoisotopic (exact) mass is 419 g/mol. The number of hydrogen-bond donors (Lipinski definition) is 1. The van der Waals surface area contributed by atoms with Crippen molar-refractivity contribution in [2.45, 2.75) is 49.5 Å². The summed E-state index contributed by atoms with van der Waals surface area (Å²) in [6, 6.07) is 6.40. The maximum atomic E-state index is 12.8. The Morgan fingerprint density at radius 1 is 1.36 bits per heavy atom. The fraction of sp³-hybridized carbons (Fsp3) is 0.474. The fourth-order valence-electron chi connectivity index (χ4n) is 3.40. The molecule has 25 heavy (non-hydrogen) atoms. The Balaban J connectivity index is 1.96. The minimum Gasteiger partial charge on any atom is -0.309 e. The van der Waals surface area contributed by atoms with Crippen LogP contribution in [0, 0.1) is 6.92 Å². The minimum atomic E-state index is -0.515. The summed E-state index contributed by atoms with van der Waals surface area (Å²) in [4.78, 5) is 12.8. The second kappa shape index (κ2) is 5.88. The molecule has 1 aromatic heterocycles. The normalized spacial score (nSPS) is 22.3. The molecule has 2 aliphatic rings. The molecule has 4 rings (SSSR count). The average molecular weight is 420 g/mol. The number of aryl methyl sites for hydroxylation is 2. The van der Waals surface area contributed by atoms with Crippen LogP contribution in [0.15, 0.2) is 22.7 Å². The number of aromatic nitrogens is 2. The van der Waals surface area contributed by atoms with Gasteiger partial charge >= 0.3 is 0 Å². The zero-order valence-electron chi connectivity index (χ0n) is 14.9. The van der Waals surface area contributed by atoms with E-state index >= 15 is 0 Å². The zero-order chi connectivity index (χ0) is 17.9. The average Bonchev–Trinajstić information content (AvgIpc) is 3.34. The number of hydrogen-bond acceptors (Lipinski definition) is 3. The van der Waals surface area contributed by atoms with Crippen LogP contribution >= 0.6 is 27.7 Å². The first kappa shape index (κ1) is 17.2. The van der Waals surface area contributed by atoms with Crippen molar-refractivity contribution < 1.29 is 4.79 Å². The van der Waals surface area contributed by atoms with Crippen LogP contribution < -0.4 is 5.32 Å². The van der Waals surface area contributed by atoms with E-state index < -0.39 is 4.75 Å². The van der Waals surface area contributed by atoms with Gasteiger partial charge in [0.15, 0.2) is 0 Å². The molecule has 1 atom stereocenters. The molecule has 1 saturated carbocycles. The van der Waals surface area contributed by atoms with Crippen molar-refractivity contribution in [3.8, 4) is 0 Å². The summed E-state index contributed by atoms with van der Waals surface area (Å²) in [5, 5.41) is 8.02. The highest BCUT2D eigenvalue weighted by molar-refractivity contribution is 9.10. The van der Waals surface area contributed by atoms with E-state index in [1.165, 1.54) is 29.5 Å². The van der Waals surface area contributed by atoms with Crippen LogP contribution in [0.2, 0.25) is 0 Å². The van der Waals surface area contributed by atoms with E-state index in [-0.39, 0.29) is 11.2 Å². The molecule has 4 nitrogen and oxygen atoms in total. The van der Waals surface area contributed by atoms with E-state index in [0.29, 0.717) is 5.92 Å². The van der Waals surface area contributed by atoms with Crippen LogP contribution in [0.1, 0.15) is 60.2 Å². The molecule has 1 aliphatic heterocycles. The zero-order valence-corrected chi connectivity index (χ0v) is 17.3. The maximum absolute atomic E-state index is 12.8. The molecule has 1 unspecified atom stereocenters. The first-order valence-corrected chi connectivity index (χ1v) is 10.3. The van der Waals surface area contributed by atoms with Gasteiger partial charge < -0.3 is 5.32 Å². The number of carbonyl (C=O) groups excluding carboxylic acids is 1. The van der Waals surface area contributed by atoms with E-state index in [1.807, 2.05) is 25.6 Å². The summed E-state index contributed by atoms with van der Waals surface area (Å²) in [6.45, 7) is 6.15. The molecule has 2 heterocycles. The van der Waals surface area contributed by atoms with Crippen LogP contribution in [0.5, 0.6) is 0 Å². The SMILES string of the molecule is Cc1ccc(Br)cc1C1SC(C)(C)C(=O)Nc2c1c(C1CC1)nn2C. The summed E-state index contributed by atoms with van der Waals surface area (Å²) in [6.07, 6.45) is 2.38. The smallest absolute Gasteiger partial charge is 0.241 e. The van der Waals surface area contributed by atoms with Crippen LogP contribution in [-0.2, 0) is 11.8 Å². The van der Waals surface area contributed by atoms with E-state index in [2.05, 4.69) is 46.4 Å². The third-order valence-electron chi connectivity index (χ3n) is 5.05. The quantitative estimate of drug-likeness (QED) is 0.750. The number of nitrogens with zero attached hydrogens (tertiary/aromatic N) is 2. The fourth-order valence-corrected chi connectivity index (χ4v) is 5.26. The molecular formula is C19H22BrN3OS. The predicted molar refractivity (Wildman–Crippen MR) is 106 cm³/mol. The molecule has 1 amide bonds. The van der Waals surface area contributed by atoms with Crippen LogP contribution in [0.3, 0.4) is 0 Å². The lowest BCUT2D eigenvalue weighted by Crippen LogP contribution is -2.33. The number of carbonyl (C=O) groups is 1. The molecule has 132 valence electrons. The lowest BCUT2D eigenvalue weighted by Gasteiger charge is -2.26. The van der Waals surface area contributed by atoms with Gasteiger partial charge in [0.25, 0.3) is 0 Å². The Labute approximate surface area is 160 Å². The van der Waals surface area contributed by atoms with Crippen molar-refractivity contribution >= 4 is 39.4 Å². The van der Waals surface area contributed by atoms with E-state index in [0.717, 1.165) is 16.0 Å². The van der Waals surface area contributed by atoms with Crippen molar-refractivity contribution in [1.82, 2.24) is 9.78 Å². The van der Waals surface area contributed by atoms with Crippen LogP contribution in [0.4, 0.5) is 5.82 Å². The molecule has 0 bridgehead atoms. The third-order valence-corrected chi connectivity index (χ3v) is 7.05. The van der Waals surface area contributed by atoms with Gasteiger partial charge in [-0.15, -0.1) is 11.8 Å². The minimum absolute atomic E-state index is 0.0410. The van der Waals surface area contributed by atoms with Gasteiger partial charge in [-0.2, -0.15) is 5.10 Å². The number of fused-ring (bicyclic) bond motifs is 1. The molecule has 1 N–H and O–H groups in total. The topological polar surface area (TPSA) is 46.9 Å². The number of thioether (sulfide) groups is 1. The van der Waals surface area contributed by atoms with Crippen molar-refractivity contribution in [1.29, 1.82) is 0 Å². The number of anilines is 1. The second-order valence-electron chi connectivity index (χ2n) is 7.51. The van der Waals surface area contributed by atoms with Crippen molar-refractivity contribution in [2.75, 3.05) is 5.32 Å². The number of amides is 1. The highest BCUT2D eigenvalue weighted by atomic mass is 79.9. The van der Waals surface area contributed by atoms with E-state index in [4.69, 9.17) is 5.10 Å². The molecule has 2 aromatic rings. The summed E-state index contributed by atoms with van der Waals surface area (Å²) in [7, 11) is 1.93. The van der Waals surface area contributed by atoms with Gasteiger partial charge in [0.2, 0.25) is 5.91 Å². The van der Waals surface area contributed by atoms with Gasteiger partial charge in [0, 0.05) is 23.0 Å². The number of rotatable bonds is 2. The Morgan fingerprint density at radius 3 is 2.76 bits per heavy atom. The van der Waals surface area contributed by atoms with Gasteiger partial charge in [-0.1, -0.05) is 22.0 Å². The third kappa shape index (κ3) is 2.93. The van der Waals surface area contributed by atoms with Gasteiger partial charge in [-0.3, -0.25) is 9.48 Å². The molecule has 1 aliphatic carbocycles. The first-order chi connectivity index (χ1) is 11.8. The van der Waals surface area contributed by atoms with Gasteiger partial charge in [-0.05, 0) is 56.9 Å². The molecule has 6 heteroatoms. The molecule has 1 fully saturated rings. The number of nitrogens with one attached hydrogen (secondary N) is 1. The Morgan fingerprint density at radius 2 is 2.08 bits per heavy atom. The Kier molecular flexibility index (Phi) is 4.03. The second-order valence-corrected chi connectivity index (χ2v) is 10.2. The lowest BCUT2D eigenvalue weighted by molar-refractivity contribution is -0.117. The van der Waals surface area contributed by atoms with Gasteiger partial charge in [0.05, 0.1) is 15.7 Å². The highest BCUT2D eigenvalue weighted by Gasteiger charge is 2.43. The van der Waals surface area contributed by atoms with Crippen LogP contribution in [0.25, 0.3) is 0 Å². The molecular weight excluding hydrogens is 398 g/mol. The standard InChI is InChI=1S/C19H22BrN3OS/c1-10-5-8-12(20)9-13(10)16-14-15(11-6-7-11)22-23(4)17(14)21-18(24)19(2,3)25-16/h5,8-9,11,16H,6-7H2,1-4H3,(H,21,24). The summed E-state index contributed by atoms with van der Waals surface area (Å²) < 4.78 is 2.40. The van der Waals surface area contributed by atoms with Gasteiger partial charge in [-0.25, -0.2) is 0 Å². The highest BCUT2D eigenvalue weighted by Crippen LogP contribution is 2.54.